The lowest BCUT2D eigenvalue weighted by atomic mass is 9.96. The molecule has 0 saturated heterocycles. The first-order valence-corrected chi connectivity index (χ1v) is 10.1. The van der Waals surface area contributed by atoms with E-state index in [0.717, 1.165) is 44.8 Å². The predicted octanol–water partition coefficient (Wildman–Crippen LogP) is 5.84. The summed E-state index contributed by atoms with van der Waals surface area (Å²) in [6.07, 6.45) is 0.329. The van der Waals surface area contributed by atoms with E-state index < -0.39 is 6.23 Å². The molecule has 146 valence electrons. The van der Waals surface area contributed by atoms with Gasteiger partial charge in [0.15, 0.2) is 0 Å². The van der Waals surface area contributed by atoms with Crippen LogP contribution in [-0.2, 0) is 0 Å². The Morgan fingerprint density at radius 1 is 1.10 bits per heavy atom. The average Bonchev–Trinajstić information content (AvgIpc) is 3.20. The molecule has 0 N–H and O–H groups in total. The molecule has 0 spiro atoms. The van der Waals surface area contributed by atoms with Gasteiger partial charge < -0.3 is 9.47 Å². The van der Waals surface area contributed by atoms with Crippen LogP contribution in [0.25, 0.3) is 0 Å². The Kier molecular flexibility index (Phi) is 4.51. The van der Waals surface area contributed by atoms with Crippen molar-refractivity contribution in [1.82, 2.24) is 5.01 Å². The van der Waals surface area contributed by atoms with Gasteiger partial charge >= 0.3 is 0 Å². The number of hydrazone groups is 1. The number of methoxy groups -OCH3 is 1. The smallest absolute Gasteiger partial charge is 0.213 e. The molecule has 0 aliphatic carbocycles. The summed E-state index contributed by atoms with van der Waals surface area (Å²) in [5.41, 5.74) is 3.94. The summed E-state index contributed by atoms with van der Waals surface area (Å²) in [4.78, 5) is 0. The zero-order valence-electron chi connectivity index (χ0n) is 15.7. The fraction of sp³-hybridized carbons (Fsp3) is 0.174. The monoisotopic (exact) mass is 452 g/mol. The molecule has 0 amide bonds. The van der Waals surface area contributed by atoms with E-state index in [4.69, 9.17) is 14.6 Å². The van der Waals surface area contributed by atoms with Crippen LogP contribution in [0.3, 0.4) is 0 Å². The molecule has 0 bridgehead atoms. The molecule has 0 fully saturated rings. The van der Waals surface area contributed by atoms with Crippen molar-refractivity contribution < 1.29 is 13.9 Å². The van der Waals surface area contributed by atoms with E-state index in [1.165, 1.54) is 12.1 Å². The van der Waals surface area contributed by atoms with Crippen LogP contribution in [0.4, 0.5) is 4.39 Å². The van der Waals surface area contributed by atoms with Gasteiger partial charge in [-0.15, -0.1) is 0 Å². The molecule has 3 aromatic carbocycles. The first kappa shape index (κ1) is 18.2. The fourth-order valence-electron chi connectivity index (χ4n) is 3.88. The van der Waals surface area contributed by atoms with Crippen LogP contribution >= 0.6 is 15.9 Å². The van der Waals surface area contributed by atoms with Gasteiger partial charge in [0.05, 0.1) is 18.9 Å². The summed E-state index contributed by atoms with van der Waals surface area (Å²) in [5, 5.41) is 6.91. The van der Waals surface area contributed by atoms with E-state index in [0.29, 0.717) is 0 Å². The van der Waals surface area contributed by atoms with Crippen molar-refractivity contribution in [2.45, 2.75) is 18.7 Å². The Bertz CT molecular complexity index is 1100. The largest absolute Gasteiger partial charge is 0.497 e. The second-order valence-corrected chi connectivity index (χ2v) is 8.00. The van der Waals surface area contributed by atoms with Gasteiger partial charge in [-0.2, -0.15) is 5.10 Å². The van der Waals surface area contributed by atoms with Crippen molar-refractivity contribution in [3.8, 4) is 11.5 Å². The number of halogens is 2. The van der Waals surface area contributed by atoms with Gasteiger partial charge in [0.2, 0.25) is 6.23 Å². The second-order valence-electron chi connectivity index (χ2n) is 7.08. The molecule has 29 heavy (non-hydrogen) atoms. The first-order valence-electron chi connectivity index (χ1n) is 9.34. The Morgan fingerprint density at radius 3 is 2.72 bits per heavy atom. The maximum absolute atomic E-state index is 13.5. The molecule has 0 aromatic heterocycles. The third-order valence-electron chi connectivity index (χ3n) is 5.31. The van der Waals surface area contributed by atoms with Crippen LogP contribution in [0, 0.1) is 5.82 Å². The van der Waals surface area contributed by atoms with E-state index in [1.54, 1.807) is 19.2 Å². The highest BCUT2D eigenvalue weighted by Gasteiger charge is 2.41. The maximum atomic E-state index is 13.5. The molecule has 2 atom stereocenters. The topological polar surface area (TPSA) is 34.1 Å². The zero-order chi connectivity index (χ0) is 20.0. The van der Waals surface area contributed by atoms with Crippen molar-refractivity contribution in [1.29, 1.82) is 0 Å². The van der Waals surface area contributed by atoms with Crippen LogP contribution in [0.15, 0.2) is 76.3 Å². The Morgan fingerprint density at radius 2 is 1.93 bits per heavy atom. The minimum Gasteiger partial charge on any atom is -0.497 e. The van der Waals surface area contributed by atoms with Crippen LogP contribution < -0.4 is 9.47 Å². The van der Waals surface area contributed by atoms with Gasteiger partial charge in [-0.3, -0.25) is 0 Å². The lowest BCUT2D eigenvalue weighted by molar-refractivity contribution is -0.0191. The van der Waals surface area contributed by atoms with Gasteiger partial charge in [0.1, 0.15) is 17.3 Å². The molecule has 0 unspecified atom stereocenters. The second kappa shape index (κ2) is 7.19. The average molecular weight is 453 g/mol. The van der Waals surface area contributed by atoms with Gasteiger partial charge in [-0.25, -0.2) is 9.40 Å². The highest BCUT2D eigenvalue weighted by molar-refractivity contribution is 9.10. The summed E-state index contributed by atoms with van der Waals surface area (Å²) in [6.45, 7) is 0. The summed E-state index contributed by atoms with van der Waals surface area (Å²) in [7, 11) is 1.66. The molecule has 2 heterocycles. The molecular formula is C23H18BrFN2O2. The standard InChI is InChI=1S/C23H18BrFN2O2/c1-28-18-4-2-3-15(11-18)20-13-21-19-12-16(24)7-10-22(19)29-23(27(21)26-20)14-5-8-17(25)9-6-14/h2-12,21,23H,13H2,1H3/t21-,23-/m0/s1. The van der Waals surface area contributed by atoms with Crippen LogP contribution in [0.2, 0.25) is 0 Å². The Hall–Kier alpha value is -2.86. The summed E-state index contributed by atoms with van der Waals surface area (Å²) in [5.74, 6) is 1.35. The third-order valence-corrected chi connectivity index (χ3v) is 5.80. The lowest BCUT2D eigenvalue weighted by Gasteiger charge is -2.38. The molecule has 2 aliphatic rings. The SMILES string of the molecule is COc1cccc(C2=NN3[C@@H](C2)c2cc(Br)ccc2O[C@H]3c2ccc(F)cc2)c1. The van der Waals surface area contributed by atoms with E-state index in [2.05, 4.69) is 22.0 Å². The highest BCUT2D eigenvalue weighted by atomic mass is 79.9. The summed E-state index contributed by atoms with van der Waals surface area (Å²) in [6, 6.07) is 20.4. The Labute approximate surface area is 176 Å². The number of fused-ring (bicyclic) bond motifs is 3. The van der Waals surface area contributed by atoms with Gasteiger partial charge in [0.25, 0.3) is 0 Å². The number of benzene rings is 3. The van der Waals surface area contributed by atoms with Gasteiger partial charge in [0, 0.05) is 27.6 Å². The minimum absolute atomic E-state index is 0.0347. The van der Waals surface area contributed by atoms with Crippen LogP contribution in [-0.4, -0.2) is 17.8 Å². The molecule has 0 radical (unpaired) electrons. The fourth-order valence-corrected chi connectivity index (χ4v) is 4.26. The molecule has 6 heteroatoms. The number of rotatable bonds is 3. The van der Waals surface area contributed by atoms with E-state index in [1.807, 2.05) is 41.4 Å². The van der Waals surface area contributed by atoms with Crippen molar-refractivity contribution in [3.63, 3.8) is 0 Å². The number of nitrogens with zero attached hydrogens (tertiary/aromatic N) is 2. The molecular weight excluding hydrogens is 435 g/mol. The molecule has 3 aromatic rings. The van der Waals surface area contributed by atoms with Crippen molar-refractivity contribution in [2.24, 2.45) is 5.10 Å². The van der Waals surface area contributed by atoms with Gasteiger partial charge in [-0.1, -0.05) is 40.2 Å². The quantitative estimate of drug-likeness (QED) is 0.500. The molecule has 5 rings (SSSR count). The summed E-state index contributed by atoms with van der Waals surface area (Å²) < 4.78 is 26.1. The molecule has 2 aliphatic heterocycles. The summed E-state index contributed by atoms with van der Waals surface area (Å²) >= 11 is 3.56. The molecule has 4 nitrogen and oxygen atoms in total. The lowest BCUT2D eigenvalue weighted by Crippen LogP contribution is -2.33. The van der Waals surface area contributed by atoms with Crippen molar-refractivity contribution in [2.75, 3.05) is 7.11 Å². The first-order chi connectivity index (χ1) is 14.1. The van der Waals surface area contributed by atoms with Gasteiger partial charge in [-0.05, 0) is 42.5 Å². The highest BCUT2D eigenvalue weighted by Crippen LogP contribution is 2.48. The van der Waals surface area contributed by atoms with Crippen LogP contribution in [0.5, 0.6) is 11.5 Å². The number of ether oxygens (including phenoxy) is 2. The van der Waals surface area contributed by atoms with E-state index >= 15 is 0 Å². The molecule has 0 saturated carbocycles. The van der Waals surface area contributed by atoms with Crippen molar-refractivity contribution in [3.05, 3.63) is 93.7 Å². The van der Waals surface area contributed by atoms with E-state index in [9.17, 15) is 4.39 Å². The normalized spacial score (nSPS) is 19.8. The van der Waals surface area contributed by atoms with Crippen LogP contribution in [0.1, 0.15) is 35.4 Å². The Balaban J connectivity index is 1.59. The maximum Gasteiger partial charge on any atom is 0.213 e. The predicted molar refractivity (Wildman–Crippen MR) is 113 cm³/mol. The zero-order valence-corrected chi connectivity index (χ0v) is 17.3. The minimum atomic E-state index is -0.419. The number of hydrogen-bond acceptors (Lipinski definition) is 4. The number of hydrogen-bond donors (Lipinski definition) is 0. The third kappa shape index (κ3) is 3.27. The van der Waals surface area contributed by atoms with Crippen molar-refractivity contribution >= 4 is 21.6 Å². The van der Waals surface area contributed by atoms with E-state index in [-0.39, 0.29) is 11.9 Å².